The number of rotatable bonds is 5. The van der Waals surface area contributed by atoms with E-state index in [1.54, 1.807) is 12.1 Å². The van der Waals surface area contributed by atoms with E-state index in [0.717, 1.165) is 6.26 Å². The predicted octanol–water partition coefficient (Wildman–Crippen LogP) is 3.19. The van der Waals surface area contributed by atoms with Crippen LogP contribution >= 0.6 is 11.6 Å². The minimum atomic E-state index is -3.45. The lowest BCUT2D eigenvalue weighted by Gasteiger charge is -2.18. The Balaban J connectivity index is 1.75. The molecule has 164 valence electrons. The maximum absolute atomic E-state index is 12.6. The number of anilines is 2. The third-order valence-electron chi connectivity index (χ3n) is 4.92. The van der Waals surface area contributed by atoms with Crippen molar-refractivity contribution in [3.8, 4) is 11.1 Å². The van der Waals surface area contributed by atoms with Crippen LogP contribution in [-0.4, -0.2) is 34.6 Å². The second-order valence-corrected chi connectivity index (χ2v) is 9.72. The fourth-order valence-corrected chi connectivity index (χ4v) is 4.16. The number of nitrogens with one attached hydrogen (secondary N) is 2. The summed E-state index contributed by atoms with van der Waals surface area (Å²) >= 11 is 6.16. The zero-order valence-electron chi connectivity index (χ0n) is 17.1. The molecule has 0 fully saturated rings. The molecule has 0 spiro atoms. The molecule has 0 radical (unpaired) electrons. The summed E-state index contributed by atoms with van der Waals surface area (Å²) in [5, 5.41) is 4.72. The van der Waals surface area contributed by atoms with E-state index >= 15 is 0 Å². The maximum atomic E-state index is 12.6. The fraction of sp³-hybridized carbons (Fsp3) is 0.143. The van der Waals surface area contributed by atoms with Crippen LogP contribution in [0, 0.1) is 0 Å². The molecule has 1 unspecified atom stereocenters. The molecule has 1 aromatic carbocycles. The molecule has 0 saturated carbocycles. The van der Waals surface area contributed by atoms with Gasteiger partial charge in [-0.25, -0.2) is 13.4 Å². The molecule has 11 heteroatoms. The molecule has 0 aliphatic heterocycles. The van der Waals surface area contributed by atoms with Crippen molar-refractivity contribution in [1.29, 1.82) is 0 Å². The van der Waals surface area contributed by atoms with Crippen molar-refractivity contribution in [2.45, 2.75) is 17.9 Å². The molecule has 0 bridgehead atoms. The van der Waals surface area contributed by atoms with E-state index < -0.39 is 9.84 Å². The van der Waals surface area contributed by atoms with E-state index in [1.807, 2.05) is 19.1 Å². The number of sulfone groups is 1. The highest BCUT2D eigenvalue weighted by Crippen LogP contribution is 2.30. The van der Waals surface area contributed by atoms with Crippen LogP contribution in [0.3, 0.4) is 0 Å². The van der Waals surface area contributed by atoms with Gasteiger partial charge in [0.1, 0.15) is 5.82 Å². The van der Waals surface area contributed by atoms with E-state index in [0.29, 0.717) is 38.4 Å². The quantitative estimate of drug-likeness (QED) is 0.403. The monoisotopic (exact) mass is 470 g/mol. The molecule has 3 heterocycles. The molecule has 4 rings (SSSR count). The molecule has 4 aromatic rings. The summed E-state index contributed by atoms with van der Waals surface area (Å²) in [4.78, 5) is 27.8. The van der Waals surface area contributed by atoms with Crippen molar-refractivity contribution in [2.24, 2.45) is 0 Å². The first-order valence-corrected chi connectivity index (χ1v) is 11.8. The van der Waals surface area contributed by atoms with E-state index in [9.17, 15) is 13.2 Å². The van der Waals surface area contributed by atoms with Gasteiger partial charge in [0.05, 0.1) is 21.3 Å². The Hall–Kier alpha value is -3.50. The number of hydrogen-bond acceptors (Lipinski definition) is 8. The van der Waals surface area contributed by atoms with Gasteiger partial charge in [0.25, 0.3) is 5.56 Å². The standard InChI is InChI=1S/C21H19ClN6O3S/c1-11(17-7-12-4-3-5-16(22)18(12)20(29)27-17)26-19-15(10-25-21(23)28-19)13-6-14(9-24-8-13)32(2,30)31/h3-11H,1-2H3,(H,27,29)(H3,23,25,26,28). The zero-order chi connectivity index (χ0) is 23.0. The maximum Gasteiger partial charge on any atom is 0.257 e. The number of pyridine rings is 2. The van der Waals surface area contributed by atoms with Crippen molar-refractivity contribution < 1.29 is 8.42 Å². The number of nitrogens with two attached hydrogens (primary N) is 1. The third kappa shape index (κ3) is 4.27. The van der Waals surface area contributed by atoms with Gasteiger partial charge in [-0.15, -0.1) is 0 Å². The fourth-order valence-electron chi connectivity index (χ4n) is 3.30. The van der Waals surface area contributed by atoms with Gasteiger partial charge >= 0.3 is 0 Å². The molecule has 9 nitrogen and oxygen atoms in total. The summed E-state index contributed by atoms with van der Waals surface area (Å²) in [7, 11) is -3.45. The van der Waals surface area contributed by atoms with Crippen LogP contribution in [0.15, 0.2) is 58.6 Å². The van der Waals surface area contributed by atoms with Crippen molar-refractivity contribution >= 4 is 44.0 Å². The molecule has 3 aromatic heterocycles. The summed E-state index contributed by atoms with van der Waals surface area (Å²) in [6, 6.07) is 8.18. The van der Waals surface area contributed by atoms with Crippen molar-refractivity contribution in [1.82, 2.24) is 19.9 Å². The topological polar surface area (TPSA) is 144 Å². The first-order chi connectivity index (χ1) is 15.1. The van der Waals surface area contributed by atoms with E-state index in [4.69, 9.17) is 17.3 Å². The lowest BCUT2D eigenvalue weighted by Crippen LogP contribution is -2.17. The van der Waals surface area contributed by atoms with Crippen LogP contribution in [0.1, 0.15) is 18.7 Å². The smallest absolute Gasteiger partial charge is 0.257 e. The first-order valence-electron chi connectivity index (χ1n) is 9.49. The molecular weight excluding hydrogens is 452 g/mol. The molecule has 0 saturated heterocycles. The summed E-state index contributed by atoms with van der Waals surface area (Å²) in [6.45, 7) is 1.84. The van der Waals surface area contributed by atoms with Gasteiger partial charge in [-0.05, 0) is 30.5 Å². The number of halogens is 1. The summed E-state index contributed by atoms with van der Waals surface area (Å²) in [5.41, 5.74) is 7.10. The second kappa shape index (κ2) is 8.21. The van der Waals surface area contributed by atoms with Gasteiger partial charge in [-0.3, -0.25) is 9.78 Å². The van der Waals surface area contributed by atoms with Gasteiger partial charge < -0.3 is 16.0 Å². The largest absolute Gasteiger partial charge is 0.368 e. The number of aromatic nitrogens is 4. The molecule has 4 N–H and O–H groups in total. The Morgan fingerprint density at radius 2 is 1.97 bits per heavy atom. The van der Waals surface area contributed by atoms with Crippen LogP contribution in [0.5, 0.6) is 0 Å². The normalized spacial score (nSPS) is 12.6. The molecule has 0 amide bonds. The number of hydrogen-bond donors (Lipinski definition) is 3. The summed E-state index contributed by atoms with van der Waals surface area (Å²) in [5.74, 6) is 0.402. The van der Waals surface area contributed by atoms with Gasteiger partial charge in [-0.2, -0.15) is 4.98 Å². The molecule has 1 atom stereocenters. The van der Waals surface area contributed by atoms with Crippen molar-refractivity contribution in [3.63, 3.8) is 0 Å². The molecule has 32 heavy (non-hydrogen) atoms. The van der Waals surface area contributed by atoms with Gasteiger partial charge in [0, 0.05) is 41.7 Å². The van der Waals surface area contributed by atoms with E-state index in [1.165, 1.54) is 24.7 Å². The minimum Gasteiger partial charge on any atom is -0.368 e. The summed E-state index contributed by atoms with van der Waals surface area (Å²) in [6.07, 6.45) is 5.39. The number of aromatic amines is 1. The lowest BCUT2D eigenvalue weighted by atomic mass is 10.1. The van der Waals surface area contributed by atoms with Crippen molar-refractivity contribution in [2.75, 3.05) is 17.3 Å². The highest BCUT2D eigenvalue weighted by molar-refractivity contribution is 7.90. The second-order valence-electron chi connectivity index (χ2n) is 7.30. The third-order valence-corrected chi connectivity index (χ3v) is 6.32. The number of nitrogens with zero attached hydrogens (tertiary/aromatic N) is 3. The Bertz CT molecular complexity index is 1500. The first kappa shape index (κ1) is 21.7. The zero-order valence-corrected chi connectivity index (χ0v) is 18.7. The Labute approximate surface area is 188 Å². The number of fused-ring (bicyclic) bond motifs is 1. The van der Waals surface area contributed by atoms with Gasteiger partial charge in [-0.1, -0.05) is 23.7 Å². The van der Waals surface area contributed by atoms with Crippen molar-refractivity contribution in [3.05, 3.63) is 70.0 Å². The van der Waals surface area contributed by atoms with Crippen LogP contribution in [-0.2, 0) is 9.84 Å². The predicted molar refractivity (Wildman–Crippen MR) is 124 cm³/mol. The summed E-state index contributed by atoms with van der Waals surface area (Å²) < 4.78 is 23.9. The average Bonchev–Trinajstić information content (AvgIpc) is 2.73. The molecule has 0 aliphatic rings. The highest BCUT2D eigenvalue weighted by Gasteiger charge is 2.17. The van der Waals surface area contributed by atoms with Crippen LogP contribution in [0.25, 0.3) is 21.9 Å². The molecule has 0 aliphatic carbocycles. The van der Waals surface area contributed by atoms with Gasteiger partial charge in [0.15, 0.2) is 9.84 Å². The highest BCUT2D eigenvalue weighted by atomic mass is 35.5. The number of nitrogen functional groups attached to an aromatic ring is 1. The Kier molecular flexibility index (Phi) is 5.57. The van der Waals surface area contributed by atoms with Crippen LogP contribution < -0.4 is 16.6 Å². The van der Waals surface area contributed by atoms with Gasteiger partial charge in [0.2, 0.25) is 5.95 Å². The van der Waals surface area contributed by atoms with Crippen LogP contribution in [0.2, 0.25) is 5.02 Å². The van der Waals surface area contributed by atoms with E-state index in [-0.39, 0.29) is 22.4 Å². The Morgan fingerprint density at radius 1 is 1.19 bits per heavy atom. The number of benzene rings is 1. The van der Waals surface area contributed by atoms with Crippen LogP contribution in [0.4, 0.5) is 11.8 Å². The number of H-pyrrole nitrogens is 1. The average molecular weight is 471 g/mol. The molecular formula is C21H19ClN6O3S. The SMILES string of the molecule is CC(Nc1nc(N)ncc1-c1cncc(S(C)(=O)=O)c1)c1cc2cccc(Cl)c2c(=O)[nH]1. The lowest BCUT2D eigenvalue weighted by molar-refractivity contribution is 0.601. The Morgan fingerprint density at radius 3 is 2.72 bits per heavy atom. The minimum absolute atomic E-state index is 0.0365. The van der Waals surface area contributed by atoms with E-state index in [2.05, 4.69) is 25.3 Å².